The average molecular weight is 330 g/mol. The highest BCUT2D eigenvalue weighted by Gasteiger charge is 2.23. The number of fused-ring (bicyclic) bond motifs is 1. The number of carbonyl (C=O) groups is 1. The molecule has 0 atom stereocenters. The zero-order valence-corrected chi connectivity index (χ0v) is 14.1. The molecule has 0 spiro atoms. The quantitative estimate of drug-likeness (QED) is 0.823. The topological polar surface area (TPSA) is 71.6 Å². The van der Waals surface area contributed by atoms with Gasteiger partial charge in [0, 0.05) is 50.4 Å². The Labute approximate surface area is 140 Å². The van der Waals surface area contributed by atoms with Crippen molar-refractivity contribution in [3.63, 3.8) is 0 Å². The standard InChI is InChI=1S/C17H22N4O3/c1-19(2)11-12-21-14-7-10-20(17(23)15-5-8-18-24-15)9-6-13(14)3-4-16(21)22/h3-5,8H,6-7,9-12H2,1-2H3. The van der Waals surface area contributed by atoms with Crippen molar-refractivity contribution in [2.75, 3.05) is 33.7 Å². The van der Waals surface area contributed by atoms with Gasteiger partial charge in [-0.25, -0.2) is 0 Å². The van der Waals surface area contributed by atoms with Crippen LogP contribution in [0.1, 0.15) is 21.8 Å². The van der Waals surface area contributed by atoms with E-state index in [9.17, 15) is 9.59 Å². The summed E-state index contributed by atoms with van der Waals surface area (Å²) in [4.78, 5) is 28.5. The summed E-state index contributed by atoms with van der Waals surface area (Å²) in [6, 6.07) is 5.10. The molecule has 0 bridgehead atoms. The van der Waals surface area contributed by atoms with Gasteiger partial charge in [-0.3, -0.25) is 9.59 Å². The predicted molar refractivity (Wildman–Crippen MR) is 89.1 cm³/mol. The highest BCUT2D eigenvalue weighted by Crippen LogP contribution is 2.16. The van der Waals surface area contributed by atoms with Gasteiger partial charge in [0.1, 0.15) is 0 Å². The lowest BCUT2D eigenvalue weighted by atomic mass is 10.1. The number of hydrogen-bond acceptors (Lipinski definition) is 5. The molecule has 1 aliphatic rings. The Kier molecular flexibility index (Phi) is 4.80. The number of rotatable bonds is 4. The first-order valence-corrected chi connectivity index (χ1v) is 8.12. The summed E-state index contributed by atoms with van der Waals surface area (Å²) in [6.45, 7) is 2.64. The Balaban J connectivity index is 1.81. The SMILES string of the molecule is CN(C)CCn1c2c(ccc1=O)CCN(C(=O)c1ccno1)CC2. The number of amides is 1. The first-order valence-electron chi connectivity index (χ1n) is 8.12. The minimum absolute atomic E-state index is 0.0191. The molecule has 2 aromatic heterocycles. The van der Waals surface area contributed by atoms with Crippen molar-refractivity contribution >= 4 is 5.91 Å². The first-order chi connectivity index (χ1) is 11.6. The molecule has 3 heterocycles. The van der Waals surface area contributed by atoms with Crippen LogP contribution in [0.2, 0.25) is 0 Å². The maximum atomic E-state index is 12.4. The molecule has 2 aromatic rings. The largest absolute Gasteiger partial charge is 0.351 e. The van der Waals surface area contributed by atoms with Crippen LogP contribution < -0.4 is 5.56 Å². The summed E-state index contributed by atoms with van der Waals surface area (Å²) in [5.74, 6) is 0.105. The molecule has 0 saturated carbocycles. The molecule has 0 saturated heterocycles. The van der Waals surface area contributed by atoms with E-state index in [-0.39, 0.29) is 17.2 Å². The summed E-state index contributed by atoms with van der Waals surface area (Å²) in [6.07, 6.45) is 2.87. The van der Waals surface area contributed by atoms with Gasteiger partial charge >= 0.3 is 0 Å². The Morgan fingerprint density at radius 2 is 2.04 bits per heavy atom. The Hall–Kier alpha value is -2.41. The zero-order valence-electron chi connectivity index (χ0n) is 14.1. The summed E-state index contributed by atoms with van der Waals surface area (Å²) in [7, 11) is 3.98. The van der Waals surface area contributed by atoms with Gasteiger partial charge in [-0.15, -0.1) is 0 Å². The van der Waals surface area contributed by atoms with Crippen LogP contribution in [-0.4, -0.2) is 59.2 Å². The van der Waals surface area contributed by atoms with E-state index in [1.54, 1.807) is 17.0 Å². The lowest BCUT2D eigenvalue weighted by Gasteiger charge is -2.19. The number of aromatic nitrogens is 2. The molecule has 3 rings (SSSR count). The van der Waals surface area contributed by atoms with Crippen LogP contribution in [0.25, 0.3) is 0 Å². The molecule has 1 aliphatic heterocycles. The minimum Gasteiger partial charge on any atom is -0.351 e. The maximum absolute atomic E-state index is 12.4. The van der Waals surface area contributed by atoms with Gasteiger partial charge in [0.05, 0.1) is 6.20 Å². The molecule has 0 aromatic carbocycles. The van der Waals surface area contributed by atoms with Crippen molar-refractivity contribution in [3.05, 3.63) is 51.8 Å². The molecule has 0 N–H and O–H groups in total. The zero-order chi connectivity index (χ0) is 17.1. The van der Waals surface area contributed by atoms with Crippen LogP contribution in [0.3, 0.4) is 0 Å². The molecular formula is C17H22N4O3. The van der Waals surface area contributed by atoms with E-state index in [4.69, 9.17) is 4.52 Å². The van der Waals surface area contributed by atoms with Gasteiger partial charge in [0.25, 0.3) is 11.5 Å². The predicted octanol–water partition coefficient (Wildman–Crippen LogP) is 0.639. The van der Waals surface area contributed by atoms with Crippen molar-refractivity contribution < 1.29 is 9.32 Å². The number of carbonyl (C=O) groups excluding carboxylic acids is 1. The van der Waals surface area contributed by atoms with Gasteiger partial charge in [0.15, 0.2) is 0 Å². The van der Waals surface area contributed by atoms with Gasteiger partial charge in [-0.1, -0.05) is 11.2 Å². The van der Waals surface area contributed by atoms with E-state index in [2.05, 4.69) is 10.1 Å². The van der Waals surface area contributed by atoms with Crippen LogP contribution in [0.4, 0.5) is 0 Å². The fourth-order valence-corrected chi connectivity index (χ4v) is 3.03. The van der Waals surface area contributed by atoms with Crippen molar-refractivity contribution in [1.82, 2.24) is 19.5 Å². The van der Waals surface area contributed by atoms with Crippen LogP contribution >= 0.6 is 0 Å². The molecule has 0 fully saturated rings. The highest BCUT2D eigenvalue weighted by molar-refractivity contribution is 5.91. The maximum Gasteiger partial charge on any atom is 0.292 e. The van der Waals surface area contributed by atoms with Gasteiger partial charge in [-0.05, 0) is 26.1 Å². The molecule has 0 radical (unpaired) electrons. The Morgan fingerprint density at radius 1 is 1.25 bits per heavy atom. The summed E-state index contributed by atoms with van der Waals surface area (Å²) < 4.78 is 6.82. The Bertz CT molecular complexity index is 765. The van der Waals surface area contributed by atoms with Gasteiger partial charge < -0.3 is 18.9 Å². The molecule has 128 valence electrons. The molecule has 24 heavy (non-hydrogen) atoms. The third-order valence-electron chi connectivity index (χ3n) is 4.37. The number of nitrogens with zero attached hydrogens (tertiary/aromatic N) is 4. The number of likely N-dealkylation sites (N-methyl/N-ethyl adjacent to an activating group) is 1. The molecule has 7 heteroatoms. The van der Waals surface area contributed by atoms with Gasteiger partial charge in [0.2, 0.25) is 5.76 Å². The average Bonchev–Trinajstić information content (AvgIpc) is 3.00. The number of hydrogen-bond donors (Lipinski definition) is 0. The normalized spacial score (nSPS) is 14.5. The third kappa shape index (κ3) is 3.41. The van der Waals surface area contributed by atoms with Crippen LogP contribution in [-0.2, 0) is 19.4 Å². The first kappa shape index (κ1) is 16.4. The van der Waals surface area contributed by atoms with Crippen LogP contribution in [0.5, 0.6) is 0 Å². The van der Waals surface area contributed by atoms with Crippen LogP contribution in [0, 0.1) is 0 Å². The van der Waals surface area contributed by atoms with E-state index in [0.717, 1.165) is 24.2 Å². The lowest BCUT2D eigenvalue weighted by molar-refractivity contribution is 0.0721. The summed E-state index contributed by atoms with van der Waals surface area (Å²) >= 11 is 0. The molecular weight excluding hydrogens is 308 g/mol. The highest BCUT2D eigenvalue weighted by atomic mass is 16.5. The molecule has 7 nitrogen and oxygen atoms in total. The van der Waals surface area contributed by atoms with E-state index in [0.29, 0.717) is 26.1 Å². The Morgan fingerprint density at radius 3 is 2.75 bits per heavy atom. The van der Waals surface area contributed by atoms with E-state index in [1.165, 1.54) is 6.20 Å². The second-order valence-corrected chi connectivity index (χ2v) is 6.27. The van der Waals surface area contributed by atoms with Crippen LogP contribution in [0.15, 0.2) is 33.7 Å². The number of pyridine rings is 1. The third-order valence-corrected chi connectivity index (χ3v) is 4.37. The molecule has 1 amide bonds. The van der Waals surface area contributed by atoms with E-state index < -0.39 is 0 Å². The fraction of sp³-hybridized carbons (Fsp3) is 0.471. The van der Waals surface area contributed by atoms with Crippen molar-refractivity contribution in [3.8, 4) is 0 Å². The van der Waals surface area contributed by atoms with Crippen molar-refractivity contribution in [2.45, 2.75) is 19.4 Å². The van der Waals surface area contributed by atoms with Crippen molar-refractivity contribution in [1.29, 1.82) is 0 Å². The molecule has 0 unspecified atom stereocenters. The second-order valence-electron chi connectivity index (χ2n) is 6.27. The van der Waals surface area contributed by atoms with E-state index >= 15 is 0 Å². The summed E-state index contributed by atoms with van der Waals surface area (Å²) in [5, 5.41) is 3.59. The monoisotopic (exact) mass is 330 g/mol. The van der Waals surface area contributed by atoms with Gasteiger partial charge in [-0.2, -0.15) is 0 Å². The van der Waals surface area contributed by atoms with E-state index in [1.807, 2.05) is 24.7 Å². The smallest absolute Gasteiger partial charge is 0.292 e. The molecule has 0 aliphatic carbocycles. The minimum atomic E-state index is -0.150. The fourth-order valence-electron chi connectivity index (χ4n) is 3.03. The second kappa shape index (κ2) is 7.00. The summed E-state index contributed by atoms with van der Waals surface area (Å²) in [5.41, 5.74) is 2.20. The lowest BCUT2D eigenvalue weighted by Crippen LogP contribution is -2.33. The van der Waals surface area contributed by atoms with Crippen molar-refractivity contribution in [2.24, 2.45) is 0 Å².